The summed E-state index contributed by atoms with van der Waals surface area (Å²) in [5.41, 5.74) is 5.47. The van der Waals surface area contributed by atoms with Gasteiger partial charge in [-0.1, -0.05) is 13.8 Å². The smallest absolute Gasteiger partial charge is 0.244 e. The van der Waals surface area contributed by atoms with E-state index in [4.69, 9.17) is 10.5 Å². The average Bonchev–Trinajstić information content (AvgIpc) is 2.34. The standard InChI is InChI=1S/C12H21N3O3S/c1-10(2)9-15(6-7-18-3)19(16,17)11-4-5-12(13)14-8-11/h4-5,8,10H,6-7,9H2,1-3H3,(H2,13,14). The summed E-state index contributed by atoms with van der Waals surface area (Å²) in [6.07, 6.45) is 1.28. The van der Waals surface area contributed by atoms with Crippen molar-refractivity contribution in [2.45, 2.75) is 18.7 Å². The quantitative estimate of drug-likeness (QED) is 0.807. The Labute approximate surface area is 114 Å². The lowest BCUT2D eigenvalue weighted by atomic mass is 10.2. The van der Waals surface area contributed by atoms with E-state index in [1.165, 1.54) is 22.6 Å². The highest BCUT2D eigenvalue weighted by atomic mass is 32.2. The molecular weight excluding hydrogens is 266 g/mol. The van der Waals surface area contributed by atoms with Gasteiger partial charge in [0, 0.05) is 26.4 Å². The van der Waals surface area contributed by atoms with E-state index in [0.717, 1.165) is 0 Å². The second kappa shape index (κ2) is 6.83. The van der Waals surface area contributed by atoms with Crippen LogP contribution in [0.25, 0.3) is 0 Å². The predicted molar refractivity (Wildman–Crippen MR) is 74.1 cm³/mol. The first-order valence-corrected chi connectivity index (χ1v) is 7.52. The van der Waals surface area contributed by atoms with Crippen molar-refractivity contribution in [2.75, 3.05) is 32.5 Å². The average molecular weight is 287 g/mol. The van der Waals surface area contributed by atoms with Crippen LogP contribution in [-0.2, 0) is 14.8 Å². The molecule has 0 bridgehead atoms. The van der Waals surface area contributed by atoms with Crippen LogP contribution in [0.3, 0.4) is 0 Å². The first kappa shape index (κ1) is 15.9. The largest absolute Gasteiger partial charge is 0.384 e. The maximum Gasteiger partial charge on any atom is 0.244 e. The Balaban J connectivity index is 3.00. The molecule has 7 heteroatoms. The fourth-order valence-electron chi connectivity index (χ4n) is 1.60. The van der Waals surface area contributed by atoms with E-state index in [1.54, 1.807) is 7.11 Å². The topological polar surface area (TPSA) is 85.5 Å². The number of hydrogen-bond acceptors (Lipinski definition) is 5. The summed E-state index contributed by atoms with van der Waals surface area (Å²) in [4.78, 5) is 3.98. The van der Waals surface area contributed by atoms with E-state index in [0.29, 0.717) is 25.5 Å². The molecule has 1 rings (SSSR count). The number of nitrogen functional groups attached to an aromatic ring is 1. The Morgan fingerprint density at radius 2 is 2.11 bits per heavy atom. The van der Waals surface area contributed by atoms with E-state index in [1.807, 2.05) is 13.8 Å². The molecule has 0 aliphatic carbocycles. The van der Waals surface area contributed by atoms with Crippen molar-refractivity contribution in [1.29, 1.82) is 0 Å². The Bertz CT molecular complexity index is 485. The van der Waals surface area contributed by atoms with Crippen molar-refractivity contribution in [3.05, 3.63) is 18.3 Å². The van der Waals surface area contributed by atoms with Gasteiger partial charge in [-0.25, -0.2) is 13.4 Å². The summed E-state index contributed by atoms with van der Waals surface area (Å²) in [6.45, 7) is 5.05. The van der Waals surface area contributed by atoms with Gasteiger partial charge in [-0.2, -0.15) is 4.31 Å². The molecule has 6 nitrogen and oxygen atoms in total. The lowest BCUT2D eigenvalue weighted by Crippen LogP contribution is -2.36. The molecule has 0 aromatic carbocycles. The van der Waals surface area contributed by atoms with E-state index in [9.17, 15) is 8.42 Å². The summed E-state index contributed by atoms with van der Waals surface area (Å²) in [6, 6.07) is 2.95. The van der Waals surface area contributed by atoms with Gasteiger partial charge in [0.15, 0.2) is 0 Å². The van der Waals surface area contributed by atoms with Crippen LogP contribution in [0.2, 0.25) is 0 Å². The van der Waals surface area contributed by atoms with Gasteiger partial charge in [0.2, 0.25) is 10.0 Å². The molecule has 0 amide bonds. The lowest BCUT2D eigenvalue weighted by molar-refractivity contribution is 0.175. The summed E-state index contributed by atoms with van der Waals surface area (Å²) in [5, 5.41) is 0. The Kier molecular flexibility index (Phi) is 5.71. The SMILES string of the molecule is COCCN(CC(C)C)S(=O)(=O)c1ccc(N)nc1. The molecule has 0 fully saturated rings. The highest BCUT2D eigenvalue weighted by Crippen LogP contribution is 2.16. The van der Waals surface area contributed by atoms with E-state index >= 15 is 0 Å². The van der Waals surface area contributed by atoms with Crippen molar-refractivity contribution in [3.8, 4) is 0 Å². The summed E-state index contributed by atoms with van der Waals surface area (Å²) < 4.78 is 31.3. The zero-order valence-corrected chi connectivity index (χ0v) is 12.4. The van der Waals surface area contributed by atoms with Gasteiger partial charge in [0.1, 0.15) is 10.7 Å². The minimum atomic E-state index is -3.55. The predicted octanol–water partition coefficient (Wildman–Crippen LogP) is 0.957. The molecule has 0 radical (unpaired) electrons. The fraction of sp³-hybridized carbons (Fsp3) is 0.583. The van der Waals surface area contributed by atoms with Crippen LogP contribution < -0.4 is 5.73 Å². The number of aromatic nitrogens is 1. The molecule has 0 aliphatic heterocycles. The molecule has 0 spiro atoms. The van der Waals surface area contributed by atoms with Crippen molar-refractivity contribution >= 4 is 15.8 Å². The first-order valence-electron chi connectivity index (χ1n) is 6.08. The van der Waals surface area contributed by atoms with Crippen LogP contribution in [-0.4, -0.2) is 44.5 Å². The summed E-state index contributed by atoms with van der Waals surface area (Å²) in [5.74, 6) is 0.527. The van der Waals surface area contributed by atoms with Crippen LogP contribution in [0, 0.1) is 5.92 Å². The first-order chi connectivity index (χ1) is 8.87. The van der Waals surface area contributed by atoms with Gasteiger partial charge >= 0.3 is 0 Å². The summed E-state index contributed by atoms with van der Waals surface area (Å²) >= 11 is 0. The van der Waals surface area contributed by atoms with Crippen LogP contribution in [0.5, 0.6) is 0 Å². The van der Waals surface area contributed by atoms with E-state index < -0.39 is 10.0 Å². The Morgan fingerprint density at radius 1 is 1.42 bits per heavy atom. The number of anilines is 1. The van der Waals surface area contributed by atoms with Gasteiger partial charge in [0.05, 0.1) is 6.61 Å². The molecule has 108 valence electrons. The van der Waals surface area contributed by atoms with Crippen LogP contribution in [0.1, 0.15) is 13.8 Å². The second-order valence-electron chi connectivity index (χ2n) is 4.67. The second-order valence-corrected chi connectivity index (χ2v) is 6.61. The molecule has 0 saturated carbocycles. The lowest BCUT2D eigenvalue weighted by Gasteiger charge is -2.23. The fourth-order valence-corrected chi connectivity index (χ4v) is 3.14. The minimum Gasteiger partial charge on any atom is -0.384 e. The number of nitrogens with two attached hydrogens (primary N) is 1. The highest BCUT2D eigenvalue weighted by molar-refractivity contribution is 7.89. The molecule has 0 aliphatic rings. The van der Waals surface area contributed by atoms with Crippen LogP contribution in [0.15, 0.2) is 23.2 Å². The third-order valence-electron chi connectivity index (χ3n) is 2.51. The summed E-state index contributed by atoms with van der Waals surface area (Å²) in [7, 11) is -2.00. The zero-order chi connectivity index (χ0) is 14.5. The number of pyridine rings is 1. The van der Waals surface area contributed by atoms with Crippen LogP contribution >= 0.6 is 0 Å². The molecule has 2 N–H and O–H groups in total. The number of methoxy groups -OCH3 is 1. The maximum absolute atomic E-state index is 12.5. The number of sulfonamides is 1. The van der Waals surface area contributed by atoms with Crippen LogP contribution in [0.4, 0.5) is 5.82 Å². The maximum atomic E-state index is 12.5. The van der Waals surface area contributed by atoms with Crippen molar-refractivity contribution in [1.82, 2.24) is 9.29 Å². The molecule has 19 heavy (non-hydrogen) atoms. The van der Waals surface area contributed by atoms with Gasteiger partial charge in [-0.3, -0.25) is 0 Å². The van der Waals surface area contributed by atoms with Crippen molar-refractivity contribution in [3.63, 3.8) is 0 Å². The highest BCUT2D eigenvalue weighted by Gasteiger charge is 2.25. The Hall–Kier alpha value is -1.18. The molecule has 1 aromatic heterocycles. The number of nitrogens with zero attached hydrogens (tertiary/aromatic N) is 2. The van der Waals surface area contributed by atoms with E-state index in [-0.39, 0.29) is 10.8 Å². The van der Waals surface area contributed by atoms with Gasteiger partial charge in [0.25, 0.3) is 0 Å². The number of rotatable bonds is 7. The van der Waals surface area contributed by atoms with Gasteiger partial charge in [-0.15, -0.1) is 0 Å². The van der Waals surface area contributed by atoms with E-state index in [2.05, 4.69) is 4.98 Å². The molecule has 1 aromatic rings. The molecule has 0 atom stereocenters. The molecule has 0 saturated heterocycles. The minimum absolute atomic E-state index is 0.151. The number of ether oxygens (including phenoxy) is 1. The van der Waals surface area contributed by atoms with Gasteiger partial charge < -0.3 is 10.5 Å². The normalized spacial score (nSPS) is 12.3. The molecular formula is C12H21N3O3S. The Morgan fingerprint density at radius 3 is 2.58 bits per heavy atom. The monoisotopic (exact) mass is 287 g/mol. The molecule has 0 unspecified atom stereocenters. The third kappa shape index (κ3) is 4.45. The van der Waals surface area contributed by atoms with Gasteiger partial charge in [-0.05, 0) is 18.1 Å². The van der Waals surface area contributed by atoms with Crippen molar-refractivity contribution in [2.24, 2.45) is 5.92 Å². The van der Waals surface area contributed by atoms with Crippen molar-refractivity contribution < 1.29 is 13.2 Å². The zero-order valence-electron chi connectivity index (χ0n) is 11.5. The number of hydrogen-bond donors (Lipinski definition) is 1. The molecule has 1 heterocycles. The third-order valence-corrected chi connectivity index (χ3v) is 4.36.